The van der Waals surface area contributed by atoms with Gasteiger partial charge >= 0.3 is 5.97 Å². The molecule has 0 atom stereocenters. The van der Waals surface area contributed by atoms with E-state index in [1.165, 1.54) is 26.4 Å². The third-order valence-electron chi connectivity index (χ3n) is 4.54. The number of aliphatic hydroxyl groups is 1. The molecule has 4 rings (SSSR count). The summed E-state index contributed by atoms with van der Waals surface area (Å²) in [4.78, 5) is 10.2. The molecule has 4 bridgehead atoms. The predicted molar refractivity (Wildman–Crippen MR) is 70.0 cm³/mol. The second-order valence-electron chi connectivity index (χ2n) is 6.41. The Labute approximate surface area is 109 Å². The molecule has 0 spiro atoms. The van der Waals surface area contributed by atoms with E-state index in [4.69, 9.17) is 0 Å². The summed E-state index contributed by atoms with van der Waals surface area (Å²) in [5.41, 5.74) is 0.233. The van der Waals surface area contributed by atoms with Gasteiger partial charge in [-0.1, -0.05) is 6.58 Å². The lowest BCUT2D eigenvalue weighted by molar-refractivity contribution is -0.136. The second kappa shape index (κ2) is 5.04. The van der Waals surface area contributed by atoms with Gasteiger partial charge in [0.1, 0.15) is 0 Å². The van der Waals surface area contributed by atoms with Crippen molar-refractivity contribution in [3.63, 3.8) is 0 Å². The van der Waals surface area contributed by atoms with Crippen LogP contribution in [-0.4, -0.2) is 23.8 Å². The average molecular weight is 252 g/mol. The van der Waals surface area contributed by atoms with Gasteiger partial charge in [-0.25, -0.2) is 4.79 Å². The molecule has 0 aromatic carbocycles. The molecule has 0 aromatic heterocycles. The summed E-state index contributed by atoms with van der Waals surface area (Å²) >= 11 is 0. The Morgan fingerprint density at radius 3 is 1.72 bits per heavy atom. The van der Waals surface area contributed by atoms with Crippen LogP contribution in [0.1, 0.15) is 45.4 Å². The number of hydrogen-bond donors (Lipinski definition) is 1. The minimum atomic E-state index is -0.347. The summed E-state index contributed by atoms with van der Waals surface area (Å²) in [7, 11) is 1.33. The summed E-state index contributed by atoms with van der Waals surface area (Å²) in [6.07, 6.45) is 7.66. The molecule has 0 aromatic rings. The van der Waals surface area contributed by atoms with E-state index in [1.54, 1.807) is 6.92 Å². The first-order valence-corrected chi connectivity index (χ1v) is 6.88. The topological polar surface area (TPSA) is 46.5 Å². The minimum absolute atomic E-state index is 0.200. The van der Waals surface area contributed by atoms with Gasteiger partial charge in [-0.15, -0.1) is 0 Å². The lowest BCUT2D eigenvalue weighted by Gasteiger charge is -2.54. The SMILES string of the molecule is C=C(C)C(=O)OC.OC12CC3CC(CC(C3)C1)C2. The molecule has 0 amide bonds. The third-order valence-corrected chi connectivity index (χ3v) is 4.54. The summed E-state index contributed by atoms with van der Waals surface area (Å²) in [5.74, 6) is 2.34. The standard InChI is InChI=1S/C10H16O.C5H8O2/c11-10-4-7-1-8(5-10)3-9(2-7)6-10;1-4(2)5(6)7-3/h7-9,11H,1-6H2;1H2,2-3H3. The molecule has 4 aliphatic rings. The molecule has 18 heavy (non-hydrogen) atoms. The first kappa shape index (κ1) is 13.6. The maximum absolute atomic E-state index is 10.2. The fourth-order valence-electron chi connectivity index (χ4n) is 4.24. The van der Waals surface area contributed by atoms with E-state index in [9.17, 15) is 9.90 Å². The van der Waals surface area contributed by atoms with Gasteiger partial charge in [-0.3, -0.25) is 0 Å². The van der Waals surface area contributed by atoms with Gasteiger partial charge in [0.2, 0.25) is 0 Å². The van der Waals surface area contributed by atoms with Crippen molar-refractivity contribution in [2.75, 3.05) is 7.11 Å². The van der Waals surface area contributed by atoms with Crippen LogP contribution in [0.25, 0.3) is 0 Å². The predicted octanol–water partition coefficient (Wildman–Crippen LogP) is 2.68. The highest BCUT2D eigenvalue weighted by Crippen LogP contribution is 2.55. The summed E-state index contributed by atoms with van der Waals surface area (Å²) in [6.45, 7) is 4.95. The Kier molecular flexibility index (Phi) is 3.81. The van der Waals surface area contributed by atoms with Crippen molar-refractivity contribution in [2.24, 2.45) is 17.8 Å². The summed E-state index contributed by atoms with van der Waals surface area (Å²) in [5, 5.41) is 10.1. The Morgan fingerprint density at radius 2 is 1.56 bits per heavy atom. The van der Waals surface area contributed by atoms with Crippen LogP contribution in [0, 0.1) is 17.8 Å². The van der Waals surface area contributed by atoms with Crippen molar-refractivity contribution in [3.8, 4) is 0 Å². The fourth-order valence-corrected chi connectivity index (χ4v) is 4.24. The highest BCUT2D eigenvalue weighted by atomic mass is 16.5. The minimum Gasteiger partial charge on any atom is -0.466 e. The molecule has 1 N–H and O–H groups in total. The molecule has 0 aliphatic heterocycles. The van der Waals surface area contributed by atoms with Gasteiger partial charge in [0.15, 0.2) is 0 Å². The normalized spacial score (nSPS) is 39.8. The van der Waals surface area contributed by atoms with Crippen LogP contribution in [0.3, 0.4) is 0 Å². The third kappa shape index (κ3) is 2.94. The number of carbonyl (C=O) groups is 1. The van der Waals surface area contributed by atoms with E-state index in [0.717, 1.165) is 37.0 Å². The molecule has 0 saturated heterocycles. The Hall–Kier alpha value is -0.830. The molecule has 0 heterocycles. The molecular formula is C15H24O3. The molecule has 4 fully saturated rings. The zero-order valence-electron chi connectivity index (χ0n) is 11.4. The van der Waals surface area contributed by atoms with Crippen molar-refractivity contribution in [1.29, 1.82) is 0 Å². The van der Waals surface area contributed by atoms with Crippen molar-refractivity contribution in [3.05, 3.63) is 12.2 Å². The Morgan fingerprint density at radius 1 is 1.17 bits per heavy atom. The van der Waals surface area contributed by atoms with E-state index in [0.29, 0.717) is 5.57 Å². The van der Waals surface area contributed by atoms with E-state index < -0.39 is 0 Å². The molecule has 102 valence electrons. The van der Waals surface area contributed by atoms with Crippen LogP contribution in [0.5, 0.6) is 0 Å². The van der Waals surface area contributed by atoms with Gasteiger partial charge in [0.05, 0.1) is 12.7 Å². The number of esters is 1. The van der Waals surface area contributed by atoms with Gasteiger partial charge in [0.25, 0.3) is 0 Å². The van der Waals surface area contributed by atoms with Gasteiger partial charge in [-0.05, 0) is 63.2 Å². The van der Waals surface area contributed by atoms with Crippen molar-refractivity contribution >= 4 is 5.97 Å². The number of methoxy groups -OCH3 is 1. The zero-order chi connectivity index (χ0) is 13.3. The maximum Gasteiger partial charge on any atom is 0.332 e. The second-order valence-corrected chi connectivity index (χ2v) is 6.41. The molecular weight excluding hydrogens is 228 g/mol. The lowest BCUT2D eigenvalue weighted by atomic mass is 9.54. The molecule has 3 nitrogen and oxygen atoms in total. The van der Waals surface area contributed by atoms with Crippen molar-refractivity contribution < 1.29 is 14.6 Å². The Bertz CT molecular complexity index is 310. The molecule has 4 aliphatic carbocycles. The summed E-state index contributed by atoms with van der Waals surface area (Å²) in [6, 6.07) is 0. The van der Waals surface area contributed by atoms with Crippen LogP contribution in [0.2, 0.25) is 0 Å². The number of ether oxygens (including phenoxy) is 1. The van der Waals surface area contributed by atoms with Crippen molar-refractivity contribution in [2.45, 2.75) is 51.0 Å². The van der Waals surface area contributed by atoms with E-state index in [2.05, 4.69) is 11.3 Å². The van der Waals surface area contributed by atoms with Gasteiger partial charge < -0.3 is 9.84 Å². The number of carbonyl (C=O) groups excluding carboxylic acids is 1. The average Bonchev–Trinajstić information content (AvgIpc) is 2.25. The molecule has 3 heteroatoms. The Balaban J connectivity index is 0.000000152. The van der Waals surface area contributed by atoms with Gasteiger partial charge in [-0.2, -0.15) is 0 Å². The van der Waals surface area contributed by atoms with Crippen LogP contribution in [0.4, 0.5) is 0 Å². The maximum atomic E-state index is 10.2. The first-order chi connectivity index (χ1) is 8.42. The lowest BCUT2D eigenvalue weighted by Crippen LogP contribution is -2.50. The number of rotatable bonds is 1. The zero-order valence-corrected chi connectivity index (χ0v) is 11.4. The quantitative estimate of drug-likeness (QED) is 0.576. The highest BCUT2D eigenvalue weighted by molar-refractivity contribution is 5.86. The van der Waals surface area contributed by atoms with E-state index >= 15 is 0 Å². The first-order valence-electron chi connectivity index (χ1n) is 6.88. The monoisotopic (exact) mass is 252 g/mol. The highest BCUT2D eigenvalue weighted by Gasteiger charge is 2.49. The summed E-state index contributed by atoms with van der Waals surface area (Å²) < 4.78 is 4.27. The van der Waals surface area contributed by atoms with Crippen LogP contribution >= 0.6 is 0 Å². The van der Waals surface area contributed by atoms with E-state index in [1.807, 2.05) is 0 Å². The molecule has 4 saturated carbocycles. The smallest absolute Gasteiger partial charge is 0.332 e. The molecule has 0 radical (unpaired) electrons. The van der Waals surface area contributed by atoms with Crippen LogP contribution < -0.4 is 0 Å². The molecule has 0 unspecified atom stereocenters. The van der Waals surface area contributed by atoms with Crippen molar-refractivity contribution in [1.82, 2.24) is 0 Å². The largest absolute Gasteiger partial charge is 0.466 e. The van der Waals surface area contributed by atoms with Crippen LogP contribution in [0.15, 0.2) is 12.2 Å². The fraction of sp³-hybridized carbons (Fsp3) is 0.800. The van der Waals surface area contributed by atoms with Gasteiger partial charge in [0, 0.05) is 5.57 Å². The van der Waals surface area contributed by atoms with E-state index in [-0.39, 0.29) is 11.6 Å². The number of hydrogen-bond acceptors (Lipinski definition) is 3. The van der Waals surface area contributed by atoms with Crippen LogP contribution in [-0.2, 0) is 9.53 Å².